The van der Waals surface area contributed by atoms with Crippen LogP contribution in [-0.2, 0) is 4.74 Å². The molecule has 0 saturated carbocycles. The van der Waals surface area contributed by atoms with Crippen molar-refractivity contribution in [1.82, 2.24) is 0 Å². The second kappa shape index (κ2) is 8.25. The summed E-state index contributed by atoms with van der Waals surface area (Å²) in [4.78, 5) is 0. The zero-order valence-electron chi connectivity index (χ0n) is 9.49. The molecule has 0 aliphatic rings. The predicted octanol–water partition coefficient (Wildman–Crippen LogP) is 3.91. The third-order valence-corrected chi connectivity index (χ3v) is 2.12. The second-order valence-corrected chi connectivity index (χ2v) is 3.57. The van der Waals surface area contributed by atoms with Gasteiger partial charge in [-0.3, -0.25) is 0 Å². The summed E-state index contributed by atoms with van der Waals surface area (Å²) in [6, 6.07) is 10.4. The van der Waals surface area contributed by atoms with Crippen molar-refractivity contribution in [2.45, 2.75) is 26.2 Å². The van der Waals surface area contributed by atoms with Crippen molar-refractivity contribution in [2.75, 3.05) is 13.2 Å². The van der Waals surface area contributed by atoms with E-state index >= 15 is 0 Å². The van der Waals surface area contributed by atoms with Crippen LogP contribution in [0, 0.1) is 0 Å². The van der Waals surface area contributed by atoms with Crippen molar-refractivity contribution >= 4 is 6.08 Å². The molecule has 0 radical (unpaired) electrons. The predicted molar refractivity (Wildman–Crippen MR) is 65.8 cm³/mol. The van der Waals surface area contributed by atoms with Crippen LogP contribution < -0.4 is 0 Å². The summed E-state index contributed by atoms with van der Waals surface area (Å²) in [5.41, 5.74) is 1.27. The van der Waals surface area contributed by atoms with E-state index in [9.17, 15) is 0 Å². The minimum atomic E-state index is 0.882. The van der Waals surface area contributed by atoms with E-state index in [1.807, 2.05) is 6.07 Å². The first-order valence-electron chi connectivity index (χ1n) is 5.73. The fourth-order valence-corrected chi connectivity index (χ4v) is 1.33. The Hall–Kier alpha value is -1.08. The fourth-order valence-electron chi connectivity index (χ4n) is 1.33. The summed E-state index contributed by atoms with van der Waals surface area (Å²) >= 11 is 0. The van der Waals surface area contributed by atoms with Crippen LogP contribution in [0.2, 0.25) is 0 Å². The molecule has 82 valence electrons. The highest BCUT2D eigenvalue weighted by molar-refractivity contribution is 5.48. The van der Waals surface area contributed by atoms with Gasteiger partial charge in [-0.2, -0.15) is 0 Å². The van der Waals surface area contributed by atoms with Crippen LogP contribution in [0.1, 0.15) is 31.7 Å². The third-order valence-electron chi connectivity index (χ3n) is 2.12. The van der Waals surface area contributed by atoms with Crippen LogP contribution in [-0.4, -0.2) is 13.2 Å². The molecule has 1 aromatic rings. The van der Waals surface area contributed by atoms with Crippen molar-refractivity contribution in [3.63, 3.8) is 0 Å². The topological polar surface area (TPSA) is 9.23 Å². The van der Waals surface area contributed by atoms with E-state index in [-0.39, 0.29) is 0 Å². The Morgan fingerprint density at radius 1 is 1.13 bits per heavy atom. The van der Waals surface area contributed by atoms with Gasteiger partial charge in [0.2, 0.25) is 0 Å². The van der Waals surface area contributed by atoms with Gasteiger partial charge in [0.25, 0.3) is 0 Å². The van der Waals surface area contributed by atoms with Crippen LogP contribution in [0.15, 0.2) is 36.4 Å². The Kier molecular flexibility index (Phi) is 6.59. The number of hydrogen-bond acceptors (Lipinski definition) is 1. The van der Waals surface area contributed by atoms with Crippen LogP contribution in [0.5, 0.6) is 0 Å². The van der Waals surface area contributed by atoms with Gasteiger partial charge in [0, 0.05) is 13.2 Å². The van der Waals surface area contributed by atoms with Gasteiger partial charge in [-0.05, 0) is 24.8 Å². The van der Waals surface area contributed by atoms with E-state index in [0.29, 0.717) is 0 Å². The largest absolute Gasteiger partial charge is 0.381 e. The molecule has 0 aliphatic carbocycles. The standard InChI is InChI=1S/C14H20O/c1-2-12-15-13-8-4-7-11-14-9-5-3-6-10-14/h3,5-7,9-11H,2,4,8,12-13H2,1H3. The first kappa shape index (κ1) is 12.0. The number of unbranched alkanes of at least 4 members (excludes halogenated alkanes) is 1. The second-order valence-electron chi connectivity index (χ2n) is 3.57. The van der Waals surface area contributed by atoms with Crippen molar-refractivity contribution in [3.05, 3.63) is 42.0 Å². The van der Waals surface area contributed by atoms with Gasteiger partial charge in [-0.25, -0.2) is 0 Å². The number of hydrogen-bond donors (Lipinski definition) is 0. The number of ether oxygens (including phenoxy) is 1. The SMILES string of the molecule is CCCOCCCC=Cc1ccccc1. The van der Waals surface area contributed by atoms with E-state index in [2.05, 4.69) is 43.3 Å². The van der Waals surface area contributed by atoms with E-state index < -0.39 is 0 Å². The van der Waals surface area contributed by atoms with Gasteiger partial charge in [-0.1, -0.05) is 49.4 Å². The first-order valence-corrected chi connectivity index (χ1v) is 5.73. The Morgan fingerprint density at radius 2 is 1.93 bits per heavy atom. The summed E-state index contributed by atoms with van der Waals surface area (Å²) in [6.45, 7) is 3.91. The highest BCUT2D eigenvalue weighted by atomic mass is 16.5. The van der Waals surface area contributed by atoms with Crippen LogP contribution in [0.25, 0.3) is 6.08 Å². The Morgan fingerprint density at radius 3 is 2.67 bits per heavy atom. The molecule has 0 bridgehead atoms. The highest BCUT2D eigenvalue weighted by Crippen LogP contribution is 2.03. The van der Waals surface area contributed by atoms with Crippen molar-refractivity contribution in [3.8, 4) is 0 Å². The maximum atomic E-state index is 5.40. The normalized spacial score (nSPS) is 11.0. The van der Waals surface area contributed by atoms with Crippen molar-refractivity contribution in [1.29, 1.82) is 0 Å². The maximum Gasteiger partial charge on any atom is 0.0468 e. The molecule has 0 aromatic heterocycles. The van der Waals surface area contributed by atoms with E-state index in [4.69, 9.17) is 4.74 Å². The minimum Gasteiger partial charge on any atom is -0.381 e. The minimum absolute atomic E-state index is 0.882. The lowest BCUT2D eigenvalue weighted by molar-refractivity contribution is 0.133. The Bertz CT molecular complexity index is 264. The smallest absolute Gasteiger partial charge is 0.0468 e. The lowest BCUT2D eigenvalue weighted by Crippen LogP contribution is -1.94. The average Bonchev–Trinajstić information content (AvgIpc) is 2.29. The van der Waals surface area contributed by atoms with Gasteiger partial charge in [-0.15, -0.1) is 0 Å². The lowest BCUT2D eigenvalue weighted by atomic mass is 10.2. The summed E-state index contributed by atoms with van der Waals surface area (Å²) < 4.78 is 5.40. The number of allylic oxidation sites excluding steroid dienone is 1. The van der Waals surface area contributed by atoms with Gasteiger partial charge >= 0.3 is 0 Å². The molecule has 0 heterocycles. The quantitative estimate of drug-likeness (QED) is 0.612. The van der Waals surface area contributed by atoms with E-state index in [0.717, 1.165) is 32.5 Å². The fraction of sp³-hybridized carbons (Fsp3) is 0.429. The van der Waals surface area contributed by atoms with Crippen molar-refractivity contribution < 1.29 is 4.74 Å². The van der Waals surface area contributed by atoms with Gasteiger partial charge < -0.3 is 4.74 Å². The Balaban J connectivity index is 2.07. The molecule has 0 aliphatic heterocycles. The zero-order valence-corrected chi connectivity index (χ0v) is 9.49. The molecule has 0 fully saturated rings. The molecule has 0 spiro atoms. The molecule has 0 amide bonds. The third kappa shape index (κ3) is 6.08. The molecule has 0 saturated heterocycles. The first-order chi connectivity index (χ1) is 7.43. The zero-order chi connectivity index (χ0) is 10.8. The molecule has 0 unspecified atom stereocenters. The summed E-state index contributed by atoms with van der Waals surface area (Å²) in [7, 11) is 0. The molecule has 0 N–H and O–H groups in total. The van der Waals surface area contributed by atoms with Crippen LogP contribution in [0.3, 0.4) is 0 Å². The Labute approximate surface area is 92.8 Å². The van der Waals surface area contributed by atoms with Gasteiger partial charge in [0.1, 0.15) is 0 Å². The van der Waals surface area contributed by atoms with Crippen molar-refractivity contribution in [2.24, 2.45) is 0 Å². The molecule has 0 atom stereocenters. The molecule has 15 heavy (non-hydrogen) atoms. The summed E-state index contributed by atoms with van der Waals surface area (Å²) in [6.07, 6.45) is 7.70. The van der Waals surface area contributed by atoms with E-state index in [1.165, 1.54) is 5.56 Å². The molecular weight excluding hydrogens is 184 g/mol. The molecule has 1 heteroatoms. The molecule has 1 rings (SSSR count). The van der Waals surface area contributed by atoms with Gasteiger partial charge in [0.15, 0.2) is 0 Å². The monoisotopic (exact) mass is 204 g/mol. The molecule has 1 nitrogen and oxygen atoms in total. The van der Waals surface area contributed by atoms with Crippen LogP contribution in [0.4, 0.5) is 0 Å². The number of rotatable bonds is 7. The number of benzene rings is 1. The summed E-state index contributed by atoms with van der Waals surface area (Å²) in [5.74, 6) is 0. The van der Waals surface area contributed by atoms with Crippen LogP contribution >= 0.6 is 0 Å². The van der Waals surface area contributed by atoms with E-state index in [1.54, 1.807) is 0 Å². The summed E-state index contributed by atoms with van der Waals surface area (Å²) in [5, 5.41) is 0. The molecular formula is C14H20O. The molecule has 1 aromatic carbocycles. The average molecular weight is 204 g/mol. The highest BCUT2D eigenvalue weighted by Gasteiger charge is 1.86. The lowest BCUT2D eigenvalue weighted by Gasteiger charge is -1.99. The van der Waals surface area contributed by atoms with Gasteiger partial charge in [0.05, 0.1) is 0 Å². The maximum absolute atomic E-state index is 5.40.